The molecule has 0 radical (unpaired) electrons. The van der Waals surface area contributed by atoms with Crippen LogP contribution in [0.1, 0.15) is 72.5 Å². The summed E-state index contributed by atoms with van der Waals surface area (Å²) in [5.41, 5.74) is 0.144. The second kappa shape index (κ2) is 10.6. The van der Waals surface area contributed by atoms with Crippen molar-refractivity contribution in [3.63, 3.8) is 0 Å². The zero-order chi connectivity index (χ0) is 25.9. The molecule has 2 N–H and O–H groups in total. The van der Waals surface area contributed by atoms with E-state index in [-0.39, 0.29) is 42.3 Å². The summed E-state index contributed by atoms with van der Waals surface area (Å²) in [5, 5.41) is 10.3. The van der Waals surface area contributed by atoms with E-state index >= 15 is 0 Å². The van der Waals surface area contributed by atoms with E-state index in [2.05, 4.69) is 15.7 Å². The molecule has 1 aliphatic carbocycles. The van der Waals surface area contributed by atoms with Gasteiger partial charge in [-0.1, -0.05) is 25.3 Å². The molecule has 1 atom stereocenters. The Balaban J connectivity index is 1.45. The Bertz CT molecular complexity index is 1140. The molecule has 10 nitrogen and oxygen atoms in total. The molecule has 4 rings (SSSR count). The van der Waals surface area contributed by atoms with Gasteiger partial charge in [-0.15, -0.1) is 0 Å². The molecule has 2 aromatic rings. The van der Waals surface area contributed by atoms with Gasteiger partial charge in [-0.25, -0.2) is 0 Å². The van der Waals surface area contributed by atoms with Crippen LogP contribution in [0.15, 0.2) is 24.3 Å². The number of hydrogen-bond donors (Lipinski definition) is 2. The van der Waals surface area contributed by atoms with Gasteiger partial charge >= 0.3 is 0 Å². The zero-order valence-corrected chi connectivity index (χ0v) is 21.4. The van der Waals surface area contributed by atoms with Gasteiger partial charge in [-0.2, -0.15) is 5.10 Å². The Morgan fingerprint density at radius 2 is 1.92 bits per heavy atom. The maximum atomic E-state index is 13.2. The Kier molecular flexibility index (Phi) is 7.51. The highest BCUT2D eigenvalue weighted by molar-refractivity contribution is 6.01. The summed E-state index contributed by atoms with van der Waals surface area (Å²) < 4.78 is 12.4. The molecular formula is C26H35N5O5. The number of carbonyl (C=O) groups is 3. The number of benzene rings is 1. The van der Waals surface area contributed by atoms with Gasteiger partial charge in [0, 0.05) is 25.7 Å². The minimum atomic E-state index is -1.10. The predicted molar refractivity (Wildman–Crippen MR) is 133 cm³/mol. The first-order valence-electron chi connectivity index (χ1n) is 12.5. The van der Waals surface area contributed by atoms with Gasteiger partial charge in [0.2, 0.25) is 5.91 Å². The zero-order valence-electron chi connectivity index (χ0n) is 21.4. The Labute approximate surface area is 211 Å². The largest absolute Gasteiger partial charge is 0.493 e. The molecule has 0 bridgehead atoms. The van der Waals surface area contributed by atoms with Crippen LogP contribution in [-0.4, -0.2) is 64.7 Å². The molecule has 0 spiro atoms. The molecule has 2 heterocycles. The van der Waals surface area contributed by atoms with Crippen LogP contribution >= 0.6 is 0 Å². The van der Waals surface area contributed by atoms with Gasteiger partial charge < -0.3 is 25.0 Å². The minimum absolute atomic E-state index is 0.126. The molecular weight excluding hydrogens is 462 g/mol. The van der Waals surface area contributed by atoms with Crippen LogP contribution in [0.25, 0.3) is 0 Å². The Morgan fingerprint density at radius 3 is 2.61 bits per heavy atom. The molecule has 1 fully saturated rings. The minimum Gasteiger partial charge on any atom is -0.493 e. The smallest absolute Gasteiger partial charge is 0.272 e. The van der Waals surface area contributed by atoms with E-state index in [0.29, 0.717) is 18.1 Å². The first-order valence-corrected chi connectivity index (χ1v) is 12.5. The molecule has 3 amide bonds. The summed E-state index contributed by atoms with van der Waals surface area (Å²) in [6.07, 6.45) is 5.30. The number of methoxy groups -OCH3 is 1. The topological polar surface area (TPSA) is 115 Å². The third kappa shape index (κ3) is 5.03. The van der Waals surface area contributed by atoms with Crippen molar-refractivity contribution in [2.45, 2.75) is 70.6 Å². The SMILES string of the molecule is CCOc1ccc(CNC(=O)c2cc3n(n2)CC(C)(C(=O)NC2CCCCC2)N(C)C3=O)cc1OC. The van der Waals surface area contributed by atoms with E-state index in [1.54, 1.807) is 33.2 Å². The lowest BCUT2D eigenvalue weighted by atomic mass is 9.92. The van der Waals surface area contributed by atoms with Crippen LogP contribution in [0.2, 0.25) is 0 Å². The quantitative estimate of drug-likeness (QED) is 0.579. The molecule has 1 aliphatic heterocycles. The summed E-state index contributed by atoms with van der Waals surface area (Å²) in [6, 6.07) is 7.06. The fourth-order valence-corrected chi connectivity index (χ4v) is 4.80. The molecule has 194 valence electrons. The third-order valence-electron chi connectivity index (χ3n) is 7.14. The van der Waals surface area contributed by atoms with Gasteiger partial charge in [-0.05, 0) is 44.4 Å². The number of ether oxygens (including phenoxy) is 2. The predicted octanol–water partition coefficient (Wildman–Crippen LogP) is 2.51. The van der Waals surface area contributed by atoms with Gasteiger partial charge in [0.15, 0.2) is 17.2 Å². The Morgan fingerprint density at radius 1 is 1.17 bits per heavy atom. The van der Waals surface area contributed by atoms with Crippen molar-refractivity contribution in [3.05, 3.63) is 41.2 Å². The van der Waals surface area contributed by atoms with Crippen LogP contribution in [0, 0.1) is 0 Å². The first kappa shape index (κ1) is 25.5. The summed E-state index contributed by atoms with van der Waals surface area (Å²) in [4.78, 5) is 40.7. The number of carbonyl (C=O) groups excluding carboxylic acids is 3. The van der Waals surface area contributed by atoms with E-state index in [1.165, 1.54) is 22.1 Å². The highest BCUT2D eigenvalue weighted by atomic mass is 16.5. The molecule has 1 unspecified atom stereocenters. The van der Waals surface area contributed by atoms with E-state index in [9.17, 15) is 14.4 Å². The third-order valence-corrected chi connectivity index (χ3v) is 7.14. The van der Waals surface area contributed by atoms with E-state index < -0.39 is 11.4 Å². The normalized spacial score (nSPS) is 20.0. The van der Waals surface area contributed by atoms with Crippen molar-refractivity contribution in [1.29, 1.82) is 0 Å². The second-order valence-corrected chi connectivity index (χ2v) is 9.62. The lowest BCUT2D eigenvalue weighted by Crippen LogP contribution is -2.63. The van der Waals surface area contributed by atoms with Crippen molar-refractivity contribution in [1.82, 2.24) is 25.3 Å². The lowest BCUT2D eigenvalue weighted by molar-refractivity contribution is -0.133. The van der Waals surface area contributed by atoms with Crippen LogP contribution < -0.4 is 20.1 Å². The number of amides is 3. The van der Waals surface area contributed by atoms with Gasteiger partial charge in [0.05, 0.1) is 20.3 Å². The number of fused-ring (bicyclic) bond motifs is 1. The lowest BCUT2D eigenvalue weighted by Gasteiger charge is -2.41. The molecule has 10 heteroatoms. The number of nitrogens with zero attached hydrogens (tertiary/aromatic N) is 3. The Hall–Kier alpha value is -3.56. The van der Waals surface area contributed by atoms with Crippen LogP contribution in [-0.2, 0) is 17.9 Å². The van der Waals surface area contributed by atoms with Crippen molar-refractivity contribution in [3.8, 4) is 11.5 Å². The van der Waals surface area contributed by atoms with Gasteiger partial charge in [0.1, 0.15) is 11.2 Å². The molecule has 0 saturated heterocycles. The van der Waals surface area contributed by atoms with Crippen LogP contribution in [0.5, 0.6) is 11.5 Å². The van der Waals surface area contributed by atoms with Crippen molar-refractivity contribution < 1.29 is 23.9 Å². The average Bonchev–Trinajstić information content (AvgIpc) is 3.31. The number of rotatable bonds is 8. The van der Waals surface area contributed by atoms with Crippen LogP contribution in [0.4, 0.5) is 0 Å². The molecule has 1 saturated carbocycles. The summed E-state index contributed by atoms with van der Waals surface area (Å²) in [6.45, 7) is 4.58. The van der Waals surface area contributed by atoms with E-state index in [1.807, 2.05) is 13.0 Å². The van der Waals surface area contributed by atoms with Crippen molar-refractivity contribution >= 4 is 17.7 Å². The highest BCUT2D eigenvalue weighted by Gasteiger charge is 2.46. The number of nitrogens with one attached hydrogen (secondary N) is 2. The summed E-state index contributed by atoms with van der Waals surface area (Å²) in [5.74, 6) is 0.274. The molecule has 2 aliphatic rings. The molecule has 1 aromatic carbocycles. The summed E-state index contributed by atoms with van der Waals surface area (Å²) >= 11 is 0. The van der Waals surface area contributed by atoms with Crippen molar-refractivity contribution in [2.75, 3.05) is 20.8 Å². The fraction of sp³-hybridized carbons (Fsp3) is 0.538. The second-order valence-electron chi connectivity index (χ2n) is 9.62. The number of likely N-dealkylation sites (N-methyl/N-ethyl adjacent to an activating group) is 1. The maximum absolute atomic E-state index is 13.2. The number of hydrogen-bond acceptors (Lipinski definition) is 6. The van der Waals surface area contributed by atoms with Gasteiger partial charge in [0.25, 0.3) is 11.8 Å². The van der Waals surface area contributed by atoms with E-state index in [0.717, 1.165) is 31.2 Å². The first-order chi connectivity index (χ1) is 17.3. The monoisotopic (exact) mass is 497 g/mol. The fourth-order valence-electron chi connectivity index (χ4n) is 4.80. The molecule has 1 aromatic heterocycles. The van der Waals surface area contributed by atoms with E-state index in [4.69, 9.17) is 9.47 Å². The van der Waals surface area contributed by atoms with Crippen LogP contribution in [0.3, 0.4) is 0 Å². The van der Waals surface area contributed by atoms with Gasteiger partial charge in [-0.3, -0.25) is 19.1 Å². The van der Waals surface area contributed by atoms with Crippen molar-refractivity contribution in [2.24, 2.45) is 0 Å². The maximum Gasteiger partial charge on any atom is 0.272 e. The molecule has 36 heavy (non-hydrogen) atoms. The summed E-state index contributed by atoms with van der Waals surface area (Å²) in [7, 11) is 3.19. The number of aromatic nitrogens is 2. The average molecular weight is 498 g/mol. The highest BCUT2D eigenvalue weighted by Crippen LogP contribution is 2.29. The standard InChI is InChI=1S/C26H35N5O5/c1-5-36-21-12-11-17(13-22(21)35-4)15-27-23(32)19-14-20-24(33)30(3)26(2,16-31(20)29-19)25(34)28-18-9-7-6-8-10-18/h11-14,18H,5-10,15-16H2,1-4H3,(H,27,32)(H,28,34).